The second-order valence-corrected chi connectivity index (χ2v) is 4.48. The van der Waals surface area contributed by atoms with Gasteiger partial charge in [-0.3, -0.25) is 9.59 Å². The first-order valence-corrected chi connectivity index (χ1v) is 6.17. The van der Waals surface area contributed by atoms with E-state index in [0.717, 1.165) is 58.1 Å². The van der Waals surface area contributed by atoms with Gasteiger partial charge in [0.2, 0.25) is 12.3 Å². The van der Waals surface area contributed by atoms with Crippen LogP contribution in [0.2, 0.25) is 0 Å². The average Bonchev–Trinajstić information content (AvgIpc) is 2.81. The van der Waals surface area contributed by atoms with E-state index < -0.39 is 0 Å². The van der Waals surface area contributed by atoms with Gasteiger partial charge in [-0.1, -0.05) is 6.42 Å². The first kappa shape index (κ1) is 13.0. The van der Waals surface area contributed by atoms with Gasteiger partial charge in [-0.05, 0) is 25.7 Å². The Morgan fingerprint density at radius 2 is 1.94 bits per heavy atom. The van der Waals surface area contributed by atoms with Crippen LogP contribution in [0.4, 0.5) is 0 Å². The molecule has 1 aliphatic rings. The Kier molecular flexibility index (Phi) is 5.90. The average molecular weight is 226 g/mol. The van der Waals surface area contributed by atoms with Crippen molar-refractivity contribution in [1.29, 1.82) is 0 Å². The van der Waals surface area contributed by atoms with Crippen LogP contribution in [0, 0.1) is 0 Å². The van der Waals surface area contributed by atoms with Crippen molar-refractivity contribution in [3.63, 3.8) is 0 Å². The maximum absolute atomic E-state index is 11.7. The van der Waals surface area contributed by atoms with E-state index in [1.54, 1.807) is 11.9 Å². The molecule has 0 aromatic carbocycles. The van der Waals surface area contributed by atoms with E-state index in [-0.39, 0.29) is 0 Å². The first-order chi connectivity index (χ1) is 7.74. The number of hydrogen-bond donors (Lipinski definition) is 0. The summed E-state index contributed by atoms with van der Waals surface area (Å²) < 4.78 is 0. The van der Waals surface area contributed by atoms with Crippen molar-refractivity contribution in [3.8, 4) is 0 Å². The molecule has 1 aliphatic heterocycles. The molecule has 0 N–H and O–H groups in total. The van der Waals surface area contributed by atoms with Crippen LogP contribution in [0.3, 0.4) is 0 Å². The molecule has 0 saturated carbocycles. The van der Waals surface area contributed by atoms with Crippen molar-refractivity contribution >= 4 is 12.3 Å². The van der Waals surface area contributed by atoms with Crippen LogP contribution < -0.4 is 0 Å². The van der Waals surface area contributed by atoms with Crippen LogP contribution >= 0.6 is 0 Å². The lowest BCUT2D eigenvalue weighted by atomic mass is 10.2. The third-order valence-electron chi connectivity index (χ3n) is 3.04. The Morgan fingerprint density at radius 1 is 1.25 bits per heavy atom. The van der Waals surface area contributed by atoms with Gasteiger partial charge in [0.15, 0.2) is 0 Å². The van der Waals surface area contributed by atoms with Crippen molar-refractivity contribution in [1.82, 2.24) is 9.80 Å². The summed E-state index contributed by atoms with van der Waals surface area (Å²) in [7, 11) is 1.78. The molecule has 0 unspecified atom stereocenters. The molecule has 92 valence electrons. The maximum Gasteiger partial charge on any atom is 0.222 e. The third kappa shape index (κ3) is 4.64. The lowest BCUT2D eigenvalue weighted by Crippen LogP contribution is -2.27. The first-order valence-electron chi connectivity index (χ1n) is 6.17. The van der Waals surface area contributed by atoms with Gasteiger partial charge < -0.3 is 9.80 Å². The van der Waals surface area contributed by atoms with Crippen LogP contribution in [0.15, 0.2) is 0 Å². The number of rotatable bonds is 7. The molecule has 4 nitrogen and oxygen atoms in total. The predicted octanol–water partition coefficient (Wildman–Crippen LogP) is 1.26. The topological polar surface area (TPSA) is 40.6 Å². The minimum Gasteiger partial charge on any atom is -0.348 e. The molecule has 4 heteroatoms. The smallest absolute Gasteiger partial charge is 0.222 e. The number of likely N-dealkylation sites (tertiary alicyclic amines) is 1. The van der Waals surface area contributed by atoms with E-state index in [1.807, 2.05) is 4.90 Å². The van der Waals surface area contributed by atoms with E-state index in [2.05, 4.69) is 0 Å². The van der Waals surface area contributed by atoms with Crippen molar-refractivity contribution in [2.75, 3.05) is 26.7 Å². The maximum atomic E-state index is 11.7. The fraction of sp³-hybridized carbons (Fsp3) is 0.833. The van der Waals surface area contributed by atoms with E-state index >= 15 is 0 Å². The lowest BCUT2D eigenvalue weighted by molar-refractivity contribution is -0.130. The van der Waals surface area contributed by atoms with Crippen molar-refractivity contribution < 1.29 is 9.59 Å². The molecular formula is C12H22N2O2. The SMILES string of the molecule is CN(C=O)CCCCCC(=O)N1CCCC1. The Hall–Kier alpha value is -1.06. The summed E-state index contributed by atoms with van der Waals surface area (Å²) in [5, 5.41) is 0. The van der Waals surface area contributed by atoms with Crippen LogP contribution in [-0.4, -0.2) is 48.8 Å². The van der Waals surface area contributed by atoms with E-state index in [0.29, 0.717) is 12.3 Å². The van der Waals surface area contributed by atoms with Gasteiger partial charge in [-0.2, -0.15) is 0 Å². The Morgan fingerprint density at radius 3 is 2.56 bits per heavy atom. The fourth-order valence-electron chi connectivity index (χ4n) is 1.99. The van der Waals surface area contributed by atoms with Crippen molar-refractivity contribution in [2.24, 2.45) is 0 Å². The minimum absolute atomic E-state index is 0.307. The van der Waals surface area contributed by atoms with Gasteiger partial charge in [0.05, 0.1) is 0 Å². The van der Waals surface area contributed by atoms with Crippen LogP contribution in [0.25, 0.3) is 0 Å². The fourth-order valence-corrected chi connectivity index (χ4v) is 1.99. The number of carbonyl (C=O) groups is 2. The number of amides is 2. The van der Waals surface area contributed by atoms with Gasteiger partial charge >= 0.3 is 0 Å². The van der Waals surface area contributed by atoms with Crippen LogP contribution in [0.1, 0.15) is 38.5 Å². The summed E-state index contributed by atoms with van der Waals surface area (Å²) in [6.07, 6.45) is 6.80. The molecule has 0 aromatic heterocycles. The highest BCUT2D eigenvalue weighted by Gasteiger charge is 2.16. The zero-order valence-corrected chi connectivity index (χ0v) is 10.2. The zero-order chi connectivity index (χ0) is 11.8. The summed E-state index contributed by atoms with van der Waals surface area (Å²) in [5.41, 5.74) is 0. The molecular weight excluding hydrogens is 204 g/mol. The Labute approximate surface area is 97.6 Å². The molecule has 1 fully saturated rings. The standard InChI is InChI=1S/C12H22N2O2/c1-13(11-15)8-4-2-3-7-12(16)14-9-5-6-10-14/h11H,2-10H2,1H3. The summed E-state index contributed by atoms with van der Waals surface area (Å²) in [6, 6.07) is 0. The van der Waals surface area contributed by atoms with Gasteiger partial charge in [0.25, 0.3) is 0 Å². The molecule has 0 aliphatic carbocycles. The molecule has 16 heavy (non-hydrogen) atoms. The second-order valence-electron chi connectivity index (χ2n) is 4.48. The minimum atomic E-state index is 0.307. The highest BCUT2D eigenvalue weighted by Crippen LogP contribution is 2.11. The monoisotopic (exact) mass is 226 g/mol. The van der Waals surface area contributed by atoms with Gasteiger partial charge in [-0.15, -0.1) is 0 Å². The van der Waals surface area contributed by atoms with Crippen molar-refractivity contribution in [3.05, 3.63) is 0 Å². The summed E-state index contributed by atoms with van der Waals surface area (Å²) in [5.74, 6) is 0.307. The van der Waals surface area contributed by atoms with Gasteiger partial charge in [-0.25, -0.2) is 0 Å². The normalized spacial score (nSPS) is 15.2. The molecule has 0 bridgehead atoms. The van der Waals surface area contributed by atoms with E-state index in [4.69, 9.17) is 0 Å². The molecule has 2 amide bonds. The molecule has 1 heterocycles. The molecule has 1 saturated heterocycles. The zero-order valence-electron chi connectivity index (χ0n) is 10.2. The van der Waals surface area contributed by atoms with Gasteiger partial charge in [0, 0.05) is 33.1 Å². The number of carbonyl (C=O) groups excluding carboxylic acids is 2. The third-order valence-corrected chi connectivity index (χ3v) is 3.04. The number of nitrogens with zero attached hydrogens (tertiary/aromatic N) is 2. The van der Waals surface area contributed by atoms with Crippen LogP contribution in [-0.2, 0) is 9.59 Å². The number of unbranched alkanes of at least 4 members (excludes halogenated alkanes) is 2. The summed E-state index contributed by atoms with van der Waals surface area (Å²) in [6.45, 7) is 2.70. The Bertz CT molecular complexity index is 225. The van der Waals surface area contributed by atoms with Crippen LogP contribution in [0.5, 0.6) is 0 Å². The number of hydrogen-bond acceptors (Lipinski definition) is 2. The highest BCUT2D eigenvalue weighted by molar-refractivity contribution is 5.76. The highest BCUT2D eigenvalue weighted by atomic mass is 16.2. The lowest BCUT2D eigenvalue weighted by Gasteiger charge is -2.15. The molecule has 0 atom stereocenters. The second kappa shape index (κ2) is 7.25. The summed E-state index contributed by atoms with van der Waals surface area (Å²) in [4.78, 5) is 25.6. The largest absolute Gasteiger partial charge is 0.348 e. The molecule has 0 spiro atoms. The van der Waals surface area contributed by atoms with E-state index in [9.17, 15) is 9.59 Å². The quantitative estimate of drug-likeness (QED) is 0.484. The van der Waals surface area contributed by atoms with Crippen molar-refractivity contribution in [2.45, 2.75) is 38.5 Å². The summed E-state index contributed by atoms with van der Waals surface area (Å²) >= 11 is 0. The van der Waals surface area contributed by atoms with Gasteiger partial charge in [0.1, 0.15) is 0 Å². The molecule has 0 radical (unpaired) electrons. The molecule has 1 rings (SSSR count). The molecule has 0 aromatic rings. The predicted molar refractivity (Wildman–Crippen MR) is 63.0 cm³/mol. The Balaban J connectivity index is 1.98. The van der Waals surface area contributed by atoms with E-state index in [1.165, 1.54) is 0 Å².